The maximum Gasteiger partial charge on any atom is 0.285 e. The molecular weight excluding hydrogens is 354 g/mol. The van der Waals surface area contributed by atoms with E-state index in [0.717, 1.165) is 29.0 Å². The molecule has 0 aliphatic heterocycles. The van der Waals surface area contributed by atoms with Crippen molar-refractivity contribution in [3.05, 3.63) is 58.1 Å². The van der Waals surface area contributed by atoms with Crippen molar-refractivity contribution in [2.45, 2.75) is 33.8 Å². The van der Waals surface area contributed by atoms with Crippen molar-refractivity contribution in [1.29, 1.82) is 0 Å². The van der Waals surface area contributed by atoms with Crippen LogP contribution in [0.3, 0.4) is 0 Å². The van der Waals surface area contributed by atoms with Crippen LogP contribution in [0, 0.1) is 6.92 Å². The lowest BCUT2D eigenvalue weighted by Gasteiger charge is -2.24. The molecular formula is C20H24ClNO2S. The van der Waals surface area contributed by atoms with Crippen molar-refractivity contribution in [2.75, 3.05) is 17.7 Å². The molecule has 2 aromatic rings. The summed E-state index contributed by atoms with van der Waals surface area (Å²) >= 11 is 7.60. The maximum absolute atomic E-state index is 12.2. The number of hydrogen-bond donors (Lipinski definition) is 0. The van der Waals surface area contributed by atoms with E-state index in [9.17, 15) is 4.79 Å². The van der Waals surface area contributed by atoms with Gasteiger partial charge in [0.25, 0.3) is 5.24 Å². The summed E-state index contributed by atoms with van der Waals surface area (Å²) in [5, 5.41) is 0.599. The first-order valence-electron chi connectivity index (χ1n) is 8.37. The van der Waals surface area contributed by atoms with Crippen LogP contribution in [0.15, 0.2) is 36.4 Å². The van der Waals surface area contributed by atoms with Crippen LogP contribution >= 0.6 is 23.4 Å². The van der Waals surface area contributed by atoms with Gasteiger partial charge in [0.15, 0.2) is 0 Å². The minimum atomic E-state index is -0.00510. The first-order valence-corrected chi connectivity index (χ1v) is 9.97. The monoisotopic (exact) mass is 377 g/mol. The first-order chi connectivity index (χ1) is 12.0. The normalized spacial score (nSPS) is 10.6. The highest BCUT2D eigenvalue weighted by molar-refractivity contribution is 8.13. The number of anilines is 1. The number of rotatable bonds is 6. The Kier molecular flexibility index (Phi) is 7.21. The van der Waals surface area contributed by atoms with Crippen LogP contribution in [0.5, 0.6) is 5.75 Å². The average molecular weight is 378 g/mol. The standard InChI is InChI=1S/C20H24ClNO2S/c1-5-15-10-11-19(14(3)12-15)24-13-16-17(21)8-7-9-18(16)22(6-2)20(23)25-4/h7-12H,5-6,13H2,1-4H3. The van der Waals surface area contributed by atoms with Gasteiger partial charge in [0.05, 0.1) is 5.69 Å². The predicted molar refractivity (Wildman–Crippen MR) is 108 cm³/mol. The maximum atomic E-state index is 12.2. The molecule has 0 aromatic heterocycles. The molecule has 0 fully saturated rings. The fraction of sp³-hybridized carbons (Fsp3) is 0.350. The number of carbonyl (C=O) groups is 1. The number of ether oxygens (including phenoxy) is 1. The Hall–Kier alpha value is -1.65. The minimum absolute atomic E-state index is 0.00510. The lowest BCUT2D eigenvalue weighted by Crippen LogP contribution is -2.28. The van der Waals surface area contributed by atoms with Gasteiger partial charge in [-0.25, -0.2) is 0 Å². The van der Waals surface area contributed by atoms with Gasteiger partial charge >= 0.3 is 0 Å². The lowest BCUT2D eigenvalue weighted by molar-refractivity contribution is 0.265. The Morgan fingerprint density at radius 2 is 2.00 bits per heavy atom. The van der Waals surface area contributed by atoms with Gasteiger partial charge in [-0.2, -0.15) is 0 Å². The van der Waals surface area contributed by atoms with E-state index in [4.69, 9.17) is 16.3 Å². The van der Waals surface area contributed by atoms with Crippen LogP contribution in [0.25, 0.3) is 0 Å². The summed E-state index contributed by atoms with van der Waals surface area (Å²) < 4.78 is 6.02. The van der Waals surface area contributed by atoms with Gasteiger partial charge in [0.1, 0.15) is 12.4 Å². The van der Waals surface area contributed by atoms with E-state index >= 15 is 0 Å². The zero-order valence-corrected chi connectivity index (χ0v) is 16.7. The van der Waals surface area contributed by atoms with E-state index in [0.29, 0.717) is 18.2 Å². The molecule has 0 atom stereocenters. The first kappa shape index (κ1) is 19.7. The van der Waals surface area contributed by atoms with Crippen LogP contribution in [0.1, 0.15) is 30.5 Å². The van der Waals surface area contributed by atoms with E-state index in [1.165, 1.54) is 17.3 Å². The number of halogens is 1. The fourth-order valence-corrected chi connectivity index (χ4v) is 3.37. The summed E-state index contributed by atoms with van der Waals surface area (Å²) in [6.45, 7) is 7.02. The smallest absolute Gasteiger partial charge is 0.285 e. The molecule has 0 heterocycles. The highest BCUT2D eigenvalue weighted by Gasteiger charge is 2.18. The Bertz CT molecular complexity index is 748. The molecule has 0 N–H and O–H groups in total. The Morgan fingerprint density at radius 1 is 1.24 bits per heavy atom. The zero-order chi connectivity index (χ0) is 18.4. The van der Waals surface area contributed by atoms with E-state index in [2.05, 4.69) is 19.1 Å². The molecule has 0 unspecified atom stereocenters. The molecule has 25 heavy (non-hydrogen) atoms. The van der Waals surface area contributed by atoms with Gasteiger partial charge < -0.3 is 9.64 Å². The highest BCUT2D eigenvalue weighted by Crippen LogP contribution is 2.31. The van der Waals surface area contributed by atoms with Gasteiger partial charge in [0.2, 0.25) is 0 Å². The van der Waals surface area contributed by atoms with E-state index < -0.39 is 0 Å². The summed E-state index contributed by atoms with van der Waals surface area (Å²) in [5.74, 6) is 0.835. The van der Waals surface area contributed by atoms with Gasteiger partial charge in [-0.05, 0) is 55.9 Å². The Morgan fingerprint density at radius 3 is 2.60 bits per heavy atom. The van der Waals surface area contributed by atoms with Crippen molar-refractivity contribution >= 4 is 34.3 Å². The molecule has 0 spiro atoms. The second-order valence-electron chi connectivity index (χ2n) is 5.69. The highest BCUT2D eigenvalue weighted by atomic mass is 35.5. The molecule has 0 saturated carbocycles. The number of carbonyl (C=O) groups excluding carboxylic acids is 1. The van der Waals surface area contributed by atoms with Gasteiger partial charge in [-0.1, -0.05) is 48.5 Å². The molecule has 0 saturated heterocycles. The molecule has 2 aromatic carbocycles. The molecule has 2 rings (SSSR count). The van der Waals surface area contributed by atoms with Crippen molar-refractivity contribution in [1.82, 2.24) is 0 Å². The lowest BCUT2D eigenvalue weighted by atomic mass is 10.1. The topological polar surface area (TPSA) is 29.5 Å². The van der Waals surface area contributed by atoms with Crippen LogP contribution in [0.4, 0.5) is 10.5 Å². The van der Waals surface area contributed by atoms with Crippen molar-refractivity contribution in [3.63, 3.8) is 0 Å². The quantitative estimate of drug-likeness (QED) is 0.609. The average Bonchev–Trinajstić information content (AvgIpc) is 2.62. The molecule has 0 bridgehead atoms. The van der Waals surface area contributed by atoms with Crippen molar-refractivity contribution in [2.24, 2.45) is 0 Å². The van der Waals surface area contributed by atoms with E-state index in [1.807, 2.05) is 38.1 Å². The van der Waals surface area contributed by atoms with Crippen molar-refractivity contribution in [3.8, 4) is 5.75 Å². The summed E-state index contributed by atoms with van der Waals surface area (Å²) in [7, 11) is 0. The molecule has 0 aliphatic rings. The Balaban J connectivity index is 2.29. The van der Waals surface area contributed by atoms with Crippen LogP contribution in [-0.4, -0.2) is 18.0 Å². The zero-order valence-electron chi connectivity index (χ0n) is 15.1. The van der Waals surface area contributed by atoms with E-state index in [1.54, 1.807) is 11.2 Å². The number of hydrogen-bond acceptors (Lipinski definition) is 3. The summed E-state index contributed by atoms with van der Waals surface area (Å²) in [6, 6.07) is 11.8. The second-order valence-corrected chi connectivity index (χ2v) is 6.86. The van der Waals surface area contributed by atoms with Gasteiger partial charge in [0, 0.05) is 17.1 Å². The molecule has 3 nitrogen and oxygen atoms in total. The second kappa shape index (κ2) is 9.16. The number of amides is 1. The number of thioether (sulfide) groups is 1. The molecule has 1 amide bonds. The third kappa shape index (κ3) is 4.71. The van der Waals surface area contributed by atoms with Gasteiger partial charge in [-0.3, -0.25) is 4.79 Å². The number of nitrogens with zero attached hydrogens (tertiary/aromatic N) is 1. The number of aryl methyl sites for hydroxylation is 2. The molecule has 0 aliphatic carbocycles. The molecule has 0 radical (unpaired) electrons. The fourth-order valence-electron chi connectivity index (χ4n) is 2.69. The molecule has 134 valence electrons. The summed E-state index contributed by atoms with van der Waals surface area (Å²) in [6.07, 6.45) is 2.78. The molecule has 5 heteroatoms. The third-order valence-electron chi connectivity index (χ3n) is 4.12. The Labute approximate surface area is 159 Å². The van der Waals surface area contributed by atoms with Crippen LogP contribution < -0.4 is 9.64 Å². The predicted octanol–water partition coefficient (Wildman–Crippen LogP) is 6.10. The van der Waals surface area contributed by atoms with Gasteiger partial charge in [-0.15, -0.1) is 0 Å². The SMILES string of the molecule is CCc1ccc(OCc2c(Cl)cccc2N(CC)C(=O)SC)c(C)c1. The number of benzene rings is 2. The minimum Gasteiger partial charge on any atom is -0.488 e. The third-order valence-corrected chi connectivity index (χ3v) is 5.04. The summed E-state index contributed by atoms with van der Waals surface area (Å²) in [4.78, 5) is 13.9. The largest absolute Gasteiger partial charge is 0.488 e. The van der Waals surface area contributed by atoms with Crippen LogP contribution in [-0.2, 0) is 13.0 Å². The van der Waals surface area contributed by atoms with E-state index in [-0.39, 0.29) is 5.24 Å². The summed E-state index contributed by atoms with van der Waals surface area (Å²) in [5.41, 5.74) is 4.01. The van der Waals surface area contributed by atoms with Crippen LogP contribution in [0.2, 0.25) is 5.02 Å². The van der Waals surface area contributed by atoms with Crippen molar-refractivity contribution < 1.29 is 9.53 Å².